The smallest absolute Gasteiger partial charge is 0.338 e. The van der Waals surface area contributed by atoms with Crippen molar-refractivity contribution >= 4 is 24.2 Å². The number of carbonyl (C=O) groups excluding carboxylic acids is 4. The molecule has 0 amide bonds. The number of carbonyl (C=O) groups is 4. The molecule has 0 bridgehead atoms. The van der Waals surface area contributed by atoms with Gasteiger partial charge < -0.3 is 33.6 Å². The monoisotopic (exact) mass is 778 g/mol. The van der Waals surface area contributed by atoms with Gasteiger partial charge in [-0.05, 0) is 124 Å². The standard InChI is InChI=1S/C47H54O10/c1-29-38(55-41(49)30-13-7-4-8-14-30)39(56-42(50)31-15-9-5-10-16-31)40(57-43(51)32-17-11-6-12-18-32)44(53-29)54-35-22-24-45(2)33(27-35)19-20-37-36(45)23-25-46(3)34(28-48)21-26-47(37,46)52/h4-18,28-29,33-40,44,52H,19-27H2,1-3H3/t29-,33+,34+,35-,36-,37+,38-,39+,40+,44+,45-,46+,47-/m0/s1. The zero-order valence-electron chi connectivity index (χ0n) is 33.0. The van der Waals surface area contributed by atoms with Crippen molar-refractivity contribution in [3.05, 3.63) is 108 Å². The summed E-state index contributed by atoms with van der Waals surface area (Å²) < 4.78 is 31.8. The van der Waals surface area contributed by atoms with Crippen molar-refractivity contribution in [2.45, 2.75) is 121 Å². The number of aldehydes is 1. The number of fused-ring (bicyclic) bond motifs is 5. The van der Waals surface area contributed by atoms with Crippen LogP contribution in [0.4, 0.5) is 0 Å². The highest BCUT2D eigenvalue weighted by molar-refractivity contribution is 5.91. The molecule has 10 heteroatoms. The third-order valence-corrected chi connectivity index (χ3v) is 14.9. The highest BCUT2D eigenvalue weighted by Crippen LogP contribution is 2.68. The van der Waals surface area contributed by atoms with E-state index in [0.29, 0.717) is 23.8 Å². The lowest BCUT2D eigenvalue weighted by Gasteiger charge is -2.63. The molecule has 8 rings (SSSR count). The van der Waals surface area contributed by atoms with E-state index in [1.54, 1.807) is 97.9 Å². The van der Waals surface area contributed by atoms with Gasteiger partial charge in [0.1, 0.15) is 6.29 Å². The molecule has 302 valence electrons. The molecule has 3 aromatic rings. The molecule has 3 aromatic carbocycles. The molecule has 1 aliphatic heterocycles. The molecular weight excluding hydrogens is 725 g/mol. The van der Waals surface area contributed by atoms with E-state index in [1.165, 1.54) is 0 Å². The van der Waals surface area contributed by atoms with Crippen molar-refractivity contribution in [3.63, 3.8) is 0 Å². The number of esters is 3. The van der Waals surface area contributed by atoms with Crippen LogP contribution in [0.2, 0.25) is 0 Å². The zero-order valence-corrected chi connectivity index (χ0v) is 33.0. The van der Waals surface area contributed by atoms with Crippen molar-refractivity contribution in [2.24, 2.45) is 34.5 Å². The van der Waals surface area contributed by atoms with Crippen molar-refractivity contribution in [3.8, 4) is 0 Å². The maximum Gasteiger partial charge on any atom is 0.338 e. The lowest BCUT2D eigenvalue weighted by Crippen LogP contribution is -2.63. The van der Waals surface area contributed by atoms with Gasteiger partial charge in [0.05, 0.1) is 34.5 Å². The van der Waals surface area contributed by atoms with E-state index in [1.807, 2.05) is 0 Å². The maximum atomic E-state index is 13.8. The van der Waals surface area contributed by atoms with Crippen LogP contribution in [0.1, 0.15) is 110 Å². The first-order valence-electron chi connectivity index (χ1n) is 20.7. The minimum absolute atomic E-state index is 0.0104. The third-order valence-electron chi connectivity index (χ3n) is 14.9. The van der Waals surface area contributed by atoms with Crippen molar-refractivity contribution < 1.29 is 48.0 Å². The van der Waals surface area contributed by atoms with Gasteiger partial charge in [0, 0.05) is 11.3 Å². The molecule has 1 saturated heterocycles. The molecule has 4 aliphatic carbocycles. The van der Waals surface area contributed by atoms with Gasteiger partial charge in [-0.2, -0.15) is 0 Å². The average Bonchev–Trinajstić information content (AvgIpc) is 3.51. The van der Waals surface area contributed by atoms with Crippen molar-refractivity contribution in [1.82, 2.24) is 0 Å². The maximum absolute atomic E-state index is 13.8. The van der Waals surface area contributed by atoms with Gasteiger partial charge in [-0.3, -0.25) is 0 Å². The quantitative estimate of drug-likeness (QED) is 0.0994. The van der Waals surface area contributed by atoms with E-state index in [0.717, 1.165) is 57.7 Å². The van der Waals surface area contributed by atoms with Crippen LogP contribution in [0.15, 0.2) is 91.0 Å². The average molecular weight is 779 g/mol. The second-order valence-electron chi connectivity index (χ2n) is 17.6. The molecular formula is C47H54O10. The van der Waals surface area contributed by atoms with Crippen molar-refractivity contribution in [2.75, 3.05) is 0 Å². The van der Waals surface area contributed by atoms with Crippen LogP contribution in [0.3, 0.4) is 0 Å². The van der Waals surface area contributed by atoms with E-state index in [9.17, 15) is 24.3 Å². The van der Waals surface area contributed by atoms with Crippen LogP contribution in [0.25, 0.3) is 0 Å². The van der Waals surface area contributed by atoms with E-state index >= 15 is 0 Å². The molecule has 10 nitrogen and oxygen atoms in total. The first-order chi connectivity index (χ1) is 27.4. The first kappa shape index (κ1) is 39.4. The molecule has 1 heterocycles. The normalized spacial score (nSPS) is 38.4. The second-order valence-corrected chi connectivity index (χ2v) is 17.6. The Morgan fingerprint density at radius 1 is 0.667 bits per heavy atom. The molecule has 1 N–H and O–H groups in total. The molecule has 0 unspecified atom stereocenters. The summed E-state index contributed by atoms with van der Waals surface area (Å²) in [5.41, 5.74) is -0.349. The van der Waals surface area contributed by atoms with Crippen molar-refractivity contribution in [1.29, 1.82) is 0 Å². The molecule has 5 aliphatic rings. The lowest BCUT2D eigenvalue weighted by atomic mass is 9.43. The Morgan fingerprint density at radius 3 is 1.77 bits per heavy atom. The summed E-state index contributed by atoms with van der Waals surface area (Å²) in [5, 5.41) is 12.3. The van der Waals surface area contributed by atoms with Gasteiger partial charge in [0.25, 0.3) is 0 Å². The van der Waals surface area contributed by atoms with E-state index in [2.05, 4.69) is 13.8 Å². The topological polar surface area (TPSA) is 135 Å². The SMILES string of the molecule is C[C@@H]1O[C@H](O[C@H]2CC[C@@]3(C)[C@H](CC[C@@H]4[C@@H]3CC[C@]3(C)[C@@H](C=O)CC[C@]43O)C2)[C@H](OC(=O)c2ccccc2)[C@H](OC(=O)c2ccccc2)[C@H]1OC(=O)c1ccccc1. The van der Waals surface area contributed by atoms with Gasteiger partial charge in [-0.15, -0.1) is 0 Å². The highest BCUT2D eigenvalue weighted by atomic mass is 16.7. The number of ether oxygens (including phenoxy) is 5. The van der Waals surface area contributed by atoms with E-state index in [4.69, 9.17) is 23.7 Å². The first-order valence-corrected chi connectivity index (χ1v) is 20.7. The Kier molecular flexibility index (Phi) is 10.9. The largest absolute Gasteiger partial charge is 0.452 e. The summed E-state index contributed by atoms with van der Waals surface area (Å²) in [6.07, 6.45) is 2.59. The van der Waals surface area contributed by atoms with Gasteiger partial charge in [0.2, 0.25) is 0 Å². The summed E-state index contributed by atoms with van der Waals surface area (Å²) in [7, 11) is 0. The summed E-state index contributed by atoms with van der Waals surface area (Å²) in [4.78, 5) is 53.1. The molecule has 0 radical (unpaired) electrons. The van der Waals surface area contributed by atoms with Crippen LogP contribution in [0, 0.1) is 34.5 Å². The minimum atomic E-state index is -1.29. The Bertz CT molecular complexity index is 1920. The number of hydrogen-bond acceptors (Lipinski definition) is 10. The zero-order chi connectivity index (χ0) is 40.0. The molecule has 4 saturated carbocycles. The molecule has 0 aromatic heterocycles. The highest BCUT2D eigenvalue weighted by Gasteiger charge is 2.67. The number of rotatable bonds is 9. The molecule has 57 heavy (non-hydrogen) atoms. The van der Waals surface area contributed by atoms with Crippen LogP contribution < -0.4 is 0 Å². The van der Waals surface area contributed by atoms with Gasteiger partial charge in [-0.1, -0.05) is 68.4 Å². The Morgan fingerprint density at radius 2 is 1.21 bits per heavy atom. The minimum Gasteiger partial charge on any atom is -0.452 e. The predicted molar refractivity (Wildman–Crippen MR) is 209 cm³/mol. The van der Waals surface area contributed by atoms with Gasteiger partial charge in [0.15, 0.2) is 24.6 Å². The van der Waals surface area contributed by atoms with Gasteiger partial charge >= 0.3 is 17.9 Å². The summed E-state index contributed by atoms with van der Waals surface area (Å²) in [5.74, 6) is -1.26. The Labute approximate surface area is 334 Å². The molecule has 0 spiro atoms. The Balaban J connectivity index is 1.06. The predicted octanol–water partition coefficient (Wildman–Crippen LogP) is 7.77. The number of benzene rings is 3. The summed E-state index contributed by atoms with van der Waals surface area (Å²) in [6, 6.07) is 25.5. The molecule has 5 fully saturated rings. The fourth-order valence-electron chi connectivity index (χ4n) is 11.6. The summed E-state index contributed by atoms with van der Waals surface area (Å²) >= 11 is 0. The van der Waals surface area contributed by atoms with Crippen LogP contribution in [-0.2, 0) is 28.5 Å². The van der Waals surface area contributed by atoms with E-state index in [-0.39, 0.29) is 39.9 Å². The Hall–Kier alpha value is -4.38. The number of aliphatic hydroxyl groups is 1. The third kappa shape index (κ3) is 7.12. The van der Waals surface area contributed by atoms with E-state index < -0.39 is 54.2 Å². The number of hydrogen-bond donors (Lipinski definition) is 1. The fourth-order valence-corrected chi connectivity index (χ4v) is 11.6. The van der Waals surface area contributed by atoms with Crippen LogP contribution in [-0.4, -0.2) is 71.7 Å². The van der Waals surface area contributed by atoms with Crippen LogP contribution in [0.5, 0.6) is 0 Å². The fraction of sp³-hybridized carbons (Fsp3) is 0.532. The lowest BCUT2D eigenvalue weighted by molar-refractivity contribution is -0.308. The molecule has 13 atom stereocenters. The van der Waals surface area contributed by atoms with Gasteiger partial charge in [-0.25, -0.2) is 14.4 Å². The van der Waals surface area contributed by atoms with Crippen LogP contribution >= 0.6 is 0 Å². The summed E-state index contributed by atoms with van der Waals surface area (Å²) in [6.45, 7) is 6.26. The second kappa shape index (κ2) is 15.8.